The van der Waals surface area contributed by atoms with Crippen molar-refractivity contribution in [2.24, 2.45) is 0 Å². The van der Waals surface area contributed by atoms with E-state index in [0.29, 0.717) is 18.9 Å². The molecule has 2 N–H and O–H groups in total. The first kappa shape index (κ1) is 11.2. The summed E-state index contributed by atoms with van der Waals surface area (Å²) in [5.74, 6) is 1.62. The molecule has 0 saturated carbocycles. The van der Waals surface area contributed by atoms with E-state index in [-0.39, 0.29) is 6.61 Å². The topological polar surface area (TPSA) is 58.3 Å². The molecule has 0 bridgehead atoms. The van der Waals surface area contributed by atoms with Crippen LogP contribution in [0.1, 0.15) is 25.0 Å². The predicted octanol–water partition coefficient (Wildman–Crippen LogP) is 0.750. The number of oxazole rings is 1. The molecule has 0 amide bonds. The summed E-state index contributed by atoms with van der Waals surface area (Å²) in [5, 5.41) is 11.8. The number of nitrogens with zero attached hydrogens (tertiary/aromatic N) is 1. The SMILES string of the molecule is CNC(C)Cc1cnc(CCCO)o1. The van der Waals surface area contributed by atoms with E-state index < -0.39 is 0 Å². The average Bonchev–Trinajstić information content (AvgIpc) is 2.62. The van der Waals surface area contributed by atoms with Gasteiger partial charge in [0.05, 0.1) is 6.20 Å². The second-order valence-corrected chi connectivity index (χ2v) is 3.44. The van der Waals surface area contributed by atoms with Crippen molar-refractivity contribution in [1.82, 2.24) is 10.3 Å². The highest BCUT2D eigenvalue weighted by Gasteiger charge is 2.06. The second-order valence-electron chi connectivity index (χ2n) is 3.44. The highest BCUT2D eigenvalue weighted by atomic mass is 16.4. The van der Waals surface area contributed by atoms with Crippen LogP contribution in [0.25, 0.3) is 0 Å². The smallest absolute Gasteiger partial charge is 0.194 e. The van der Waals surface area contributed by atoms with Crippen LogP contribution in [0.15, 0.2) is 10.6 Å². The summed E-state index contributed by atoms with van der Waals surface area (Å²) >= 11 is 0. The molecule has 1 aromatic heterocycles. The minimum Gasteiger partial charge on any atom is -0.446 e. The number of aliphatic hydroxyl groups is 1. The monoisotopic (exact) mass is 198 g/mol. The predicted molar refractivity (Wildman–Crippen MR) is 54.1 cm³/mol. The summed E-state index contributed by atoms with van der Waals surface area (Å²) in [7, 11) is 1.92. The first-order valence-electron chi connectivity index (χ1n) is 4.98. The Kier molecular flexibility index (Phi) is 4.62. The Balaban J connectivity index is 2.42. The van der Waals surface area contributed by atoms with Crippen LogP contribution in [0.5, 0.6) is 0 Å². The molecule has 4 heteroatoms. The quantitative estimate of drug-likeness (QED) is 0.708. The third-order valence-corrected chi connectivity index (χ3v) is 2.15. The van der Waals surface area contributed by atoms with Crippen LogP contribution < -0.4 is 5.32 Å². The van der Waals surface area contributed by atoms with Gasteiger partial charge in [-0.05, 0) is 20.4 Å². The second kappa shape index (κ2) is 5.78. The summed E-state index contributed by atoms with van der Waals surface area (Å²) in [6, 6.07) is 0.397. The normalized spacial score (nSPS) is 13.1. The van der Waals surface area contributed by atoms with Crippen LogP contribution in [0.2, 0.25) is 0 Å². The van der Waals surface area contributed by atoms with Crippen molar-refractivity contribution in [2.45, 2.75) is 32.2 Å². The van der Waals surface area contributed by atoms with Crippen molar-refractivity contribution < 1.29 is 9.52 Å². The molecule has 0 fully saturated rings. The molecule has 1 rings (SSSR count). The zero-order valence-corrected chi connectivity index (χ0v) is 8.79. The fourth-order valence-electron chi connectivity index (χ4n) is 1.19. The van der Waals surface area contributed by atoms with E-state index in [4.69, 9.17) is 9.52 Å². The van der Waals surface area contributed by atoms with Gasteiger partial charge in [0.15, 0.2) is 5.89 Å². The third-order valence-electron chi connectivity index (χ3n) is 2.15. The molecule has 0 aromatic carbocycles. The van der Waals surface area contributed by atoms with E-state index >= 15 is 0 Å². The van der Waals surface area contributed by atoms with Crippen LogP contribution in [0, 0.1) is 0 Å². The van der Waals surface area contributed by atoms with Gasteiger partial charge in [0.1, 0.15) is 5.76 Å². The number of hydrogen-bond donors (Lipinski definition) is 2. The molecule has 0 radical (unpaired) electrons. The van der Waals surface area contributed by atoms with Crippen molar-refractivity contribution in [3.8, 4) is 0 Å². The third kappa shape index (κ3) is 3.47. The Morgan fingerprint density at radius 2 is 2.43 bits per heavy atom. The minimum absolute atomic E-state index is 0.185. The Bertz CT molecular complexity index is 260. The van der Waals surface area contributed by atoms with E-state index in [1.807, 2.05) is 7.05 Å². The fourth-order valence-corrected chi connectivity index (χ4v) is 1.19. The van der Waals surface area contributed by atoms with E-state index in [1.165, 1.54) is 0 Å². The molecule has 1 atom stereocenters. The van der Waals surface area contributed by atoms with E-state index in [2.05, 4.69) is 17.2 Å². The Morgan fingerprint density at radius 3 is 3.07 bits per heavy atom. The van der Waals surface area contributed by atoms with Crippen LogP contribution in [0.3, 0.4) is 0 Å². The van der Waals surface area contributed by atoms with Crippen molar-refractivity contribution in [2.75, 3.05) is 13.7 Å². The molecule has 0 aliphatic heterocycles. The molecular formula is C10H18N2O2. The Morgan fingerprint density at radius 1 is 1.64 bits per heavy atom. The molecule has 0 aliphatic carbocycles. The fraction of sp³-hybridized carbons (Fsp3) is 0.700. The molecule has 1 aromatic rings. The number of nitrogens with one attached hydrogen (secondary N) is 1. The number of hydrogen-bond acceptors (Lipinski definition) is 4. The molecule has 80 valence electrons. The number of aliphatic hydroxyl groups excluding tert-OH is 1. The number of likely N-dealkylation sites (N-methyl/N-ethyl adjacent to an activating group) is 1. The minimum atomic E-state index is 0.185. The largest absolute Gasteiger partial charge is 0.446 e. The van der Waals surface area contributed by atoms with Crippen molar-refractivity contribution >= 4 is 0 Å². The van der Waals surface area contributed by atoms with Crippen LogP contribution >= 0.6 is 0 Å². The van der Waals surface area contributed by atoms with Gasteiger partial charge >= 0.3 is 0 Å². The van der Waals surface area contributed by atoms with Crippen LogP contribution in [0.4, 0.5) is 0 Å². The molecule has 14 heavy (non-hydrogen) atoms. The van der Waals surface area contributed by atoms with Gasteiger partial charge in [-0.2, -0.15) is 0 Å². The maximum atomic E-state index is 8.64. The summed E-state index contributed by atoms with van der Waals surface area (Å²) in [6.45, 7) is 2.28. The number of aryl methyl sites for hydroxylation is 1. The molecule has 0 aliphatic rings. The molecule has 1 unspecified atom stereocenters. The molecular weight excluding hydrogens is 180 g/mol. The Hall–Kier alpha value is -0.870. The van der Waals surface area contributed by atoms with Gasteiger partial charge in [0, 0.05) is 25.5 Å². The van der Waals surface area contributed by atoms with Gasteiger partial charge in [-0.3, -0.25) is 0 Å². The zero-order valence-electron chi connectivity index (χ0n) is 8.79. The van der Waals surface area contributed by atoms with E-state index in [0.717, 1.165) is 18.1 Å². The van der Waals surface area contributed by atoms with Gasteiger partial charge in [0.25, 0.3) is 0 Å². The van der Waals surface area contributed by atoms with Gasteiger partial charge in [0.2, 0.25) is 0 Å². The lowest BCUT2D eigenvalue weighted by atomic mass is 10.2. The van der Waals surface area contributed by atoms with Gasteiger partial charge in [-0.1, -0.05) is 0 Å². The van der Waals surface area contributed by atoms with Gasteiger partial charge < -0.3 is 14.8 Å². The van der Waals surface area contributed by atoms with Crippen molar-refractivity contribution in [3.63, 3.8) is 0 Å². The van der Waals surface area contributed by atoms with Crippen LogP contribution in [-0.2, 0) is 12.8 Å². The number of aromatic nitrogens is 1. The lowest BCUT2D eigenvalue weighted by molar-refractivity contribution is 0.282. The average molecular weight is 198 g/mol. The van der Waals surface area contributed by atoms with Crippen LogP contribution in [-0.4, -0.2) is 29.8 Å². The molecule has 0 saturated heterocycles. The molecule has 0 spiro atoms. The molecule has 1 heterocycles. The lowest BCUT2D eigenvalue weighted by Gasteiger charge is -2.05. The number of rotatable bonds is 6. The summed E-state index contributed by atoms with van der Waals surface area (Å²) in [5.41, 5.74) is 0. The summed E-state index contributed by atoms with van der Waals surface area (Å²) in [4.78, 5) is 4.14. The van der Waals surface area contributed by atoms with Crippen molar-refractivity contribution in [3.05, 3.63) is 17.8 Å². The maximum Gasteiger partial charge on any atom is 0.194 e. The molecule has 4 nitrogen and oxygen atoms in total. The maximum absolute atomic E-state index is 8.64. The summed E-state index contributed by atoms with van der Waals surface area (Å²) in [6.07, 6.45) is 4.04. The van der Waals surface area contributed by atoms with Gasteiger partial charge in [-0.15, -0.1) is 0 Å². The summed E-state index contributed by atoms with van der Waals surface area (Å²) < 4.78 is 5.50. The first-order valence-corrected chi connectivity index (χ1v) is 4.98. The first-order chi connectivity index (χ1) is 6.76. The van der Waals surface area contributed by atoms with E-state index in [1.54, 1.807) is 6.20 Å². The standard InChI is InChI=1S/C10H18N2O2/c1-8(11-2)6-9-7-12-10(14-9)4-3-5-13/h7-8,11,13H,3-6H2,1-2H3. The zero-order chi connectivity index (χ0) is 10.4. The lowest BCUT2D eigenvalue weighted by Crippen LogP contribution is -2.23. The highest BCUT2D eigenvalue weighted by Crippen LogP contribution is 2.08. The van der Waals surface area contributed by atoms with E-state index in [9.17, 15) is 0 Å². The van der Waals surface area contributed by atoms with Crippen molar-refractivity contribution in [1.29, 1.82) is 0 Å². The van der Waals surface area contributed by atoms with Gasteiger partial charge in [-0.25, -0.2) is 4.98 Å². The highest BCUT2D eigenvalue weighted by molar-refractivity contribution is 4.96. The Labute approximate surface area is 84.3 Å².